The van der Waals surface area contributed by atoms with Gasteiger partial charge in [-0.25, -0.2) is 0 Å². The van der Waals surface area contributed by atoms with Crippen LogP contribution < -0.4 is 5.23 Å². The molecule has 1 spiro atoms. The van der Waals surface area contributed by atoms with E-state index in [9.17, 15) is 5.02 Å². The quantitative estimate of drug-likeness (QED) is 0.176. The first-order valence-corrected chi connectivity index (χ1v) is 16.6. The monoisotopic (exact) mass is 586 g/mol. The molecule has 1 fully saturated rings. The number of aryl methyl sites for hydroxylation is 2. The summed E-state index contributed by atoms with van der Waals surface area (Å²) in [7, 11) is -0.409. The van der Waals surface area contributed by atoms with Gasteiger partial charge >= 0.3 is 7.05 Å². The van der Waals surface area contributed by atoms with Crippen LogP contribution >= 0.6 is 15.9 Å². The van der Waals surface area contributed by atoms with Gasteiger partial charge in [0, 0.05) is 10.7 Å². The highest BCUT2D eigenvalue weighted by Crippen LogP contribution is 2.46. The van der Waals surface area contributed by atoms with Crippen LogP contribution in [-0.4, -0.2) is 48.5 Å². The topological polar surface area (TPSA) is 35.5 Å². The molecule has 4 rings (SSSR count). The Kier molecular flexibility index (Phi) is 19.0. The van der Waals surface area contributed by atoms with Crippen LogP contribution in [-0.2, 0) is 18.3 Å². The number of piperidine rings is 1. The van der Waals surface area contributed by atoms with Crippen LogP contribution in [0.4, 0.5) is 0 Å². The molecule has 3 nitrogen and oxygen atoms in total. The van der Waals surface area contributed by atoms with Crippen LogP contribution in [0.3, 0.4) is 0 Å². The van der Waals surface area contributed by atoms with Crippen LogP contribution in [0.1, 0.15) is 102 Å². The number of halogens is 1. The minimum absolute atomic E-state index is 0.179. The third kappa shape index (κ3) is 10.8. The van der Waals surface area contributed by atoms with Gasteiger partial charge in [0.25, 0.3) is 0 Å². The molecule has 1 aliphatic heterocycles. The van der Waals surface area contributed by atoms with Crippen molar-refractivity contribution in [3.05, 3.63) is 70.8 Å². The smallest absolute Gasteiger partial charge is 0.373 e. The Morgan fingerprint density at radius 3 is 1.84 bits per heavy atom. The Bertz CT molecular complexity index is 799. The fourth-order valence-corrected chi connectivity index (χ4v) is 6.05. The van der Waals surface area contributed by atoms with Crippen molar-refractivity contribution in [3.8, 4) is 0 Å². The molecule has 0 unspecified atom stereocenters. The Hall–Kier alpha value is -1.14. The molecule has 0 atom stereocenters. The summed E-state index contributed by atoms with van der Waals surface area (Å²) in [4.78, 5) is 2.60. The van der Waals surface area contributed by atoms with Crippen LogP contribution in [0.2, 0.25) is 6.82 Å². The summed E-state index contributed by atoms with van der Waals surface area (Å²) >= 11 is 3.38. The summed E-state index contributed by atoms with van der Waals surface area (Å²) in [5, 5.41) is 13.6. The van der Waals surface area contributed by atoms with E-state index in [0.717, 1.165) is 45.4 Å². The Morgan fingerprint density at radius 1 is 0.842 bits per heavy atom. The molecule has 2 aromatic rings. The maximum absolute atomic E-state index is 9.34. The zero-order chi connectivity index (χ0) is 28.2. The minimum Gasteiger partial charge on any atom is -0.437 e. The summed E-state index contributed by atoms with van der Waals surface area (Å²) in [6.07, 6.45) is 11.3. The molecule has 5 heteroatoms. The molecular formula is C33H56BBrN2O. The van der Waals surface area contributed by atoms with E-state index in [1.54, 1.807) is 29.1 Å². The van der Waals surface area contributed by atoms with Crippen molar-refractivity contribution < 1.29 is 5.02 Å². The summed E-state index contributed by atoms with van der Waals surface area (Å²) in [6.45, 7) is 16.3. The second-order valence-electron chi connectivity index (χ2n) is 9.97. The lowest BCUT2D eigenvalue weighted by Crippen LogP contribution is -2.44. The van der Waals surface area contributed by atoms with Gasteiger partial charge in [-0.05, 0) is 93.8 Å². The van der Waals surface area contributed by atoms with E-state index in [0.29, 0.717) is 0 Å². The summed E-state index contributed by atoms with van der Waals surface area (Å²) < 4.78 is 0. The lowest BCUT2D eigenvalue weighted by molar-refractivity contribution is 0.177. The molecule has 2 aromatic carbocycles. The molecule has 2 N–H and O–H groups in total. The Balaban J connectivity index is 0.000000566. The van der Waals surface area contributed by atoms with Crippen molar-refractivity contribution in [3.63, 3.8) is 0 Å². The van der Waals surface area contributed by atoms with Gasteiger partial charge in [0.1, 0.15) is 0 Å². The van der Waals surface area contributed by atoms with Gasteiger partial charge in [0.2, 0.25) is 0 Å². The first-order chi connectivity index (χ1) is 18.6. The number of likely N-dealkylation sites (tertiary alicyclic amines) is 1. The van der Waals surface area contributed by atoms with Crippen LogP contribution in [0.25, 0.3) is 0 Å². The number of benzene rings is 2. The number of alkyl halides is 1. The fraction of sp³-hybridized carbons (Fsp3) is 0.636. The third-order valence-electron chi connectivity index (χ3n) is 7.52. The molecule has 0 amide bonds. The molecular weight excluding hydrogens is 531 g/mol. The maximum Gasteiger partial charge on any atom is 0.373 e. The second kappa shape index (κ2) is 20.7. The van der Waals surface area contributed by atoms with Crippen molar-refractivity contribution in [2.24, 2.45) is 0 Å². The minimum atomic E-state index is -0.409. The molecule has 0 aromatic heterocycles. The van der Waals surface area contributed by atoms with Crippen LogP contribution in [0.5, 0.6) is 0 Å². The van der Waals surface area contributed by atoms with Crippen molar-refractivity contribution in [1.29, 1.82) is 0 Å². The van der Waals surface area contributed by atoms with E-state index >= 15 is 0 Å². The zero-order valence-corrected chi connectivity index (χ0v) is 27.0. The van der Waals surface area contributed by atoms with Gasteiger partial charge in [-0.1, -0.05) is 118 Å². The van der Waals surface area contributed by atoms with E-state index in [4.69, 9.17) is 0 Å². The Morgan fingerprint density at radius 2 is 1.37 bits per heavy atom. The molecule has 1 aliphatic carbocycles. The molecule has 0 bridgehead atoms. The SMILES string of the molecule is CB(O)NCCCN1CCC2(CC1)c1ccccc1CCc1ccccc12.CC.CC.CCCCCCBr. The lowest BCUT2D eigenvalue weighted by atomic mass is 9.66. The van der Waals surface area contributed by atoms with Gasteiger partial charge in [-0.15, -0.1) is 0 Å². The highest BCUT2D eigenvalue weighted by Gasteiger charge is 2.41. The van der Waals surface area contributed by atoms with E-state index in [-0.39, 0.29) is 5.41 Å². The molecule has 214 valence electrons. The number of unbranched alkanes of at least 4 members (excludes halogenated alkanes) is 3. The molecule has 38 heavy (non-hydrogen) atoms. The summed E-state index contributed by atoms with van der Waals surface area (Å²) in [5.41, 5.74) is 6.42. The zero-order valence-electron chi connectivity index (χ0n) is 25.4. The predicted molar refractivity (Wildman–Crippen MR) is 174 cm³/mol. The summed E-state index contributed by atoms with van der Waals surface area (Å²) in [6, 6.07) is 18.3. The molecule has 2 aliphatic rings. The van der Waals surface area contributed by atoms with Gasteiger partial charge in [-0.3, -0.25) is 0 Å². The predicted octanol–water partition coefficient (Wildman–Crippen LogP) is 8.27. The Labute approximate surface area is 244 Å². The van der Waals surface area contributed by atoms with Crippen LogP contribution in [0.15, 0.2) is 48.5 Å². The third-order valence-corrected chi connectivity index (χ3v) is 8.08. The van der Waals surface area contributed by atoms with Gasteiger partial charge in [0.05, 0.1) is 0 Å². The standard InChI is InChI=1S/C23H31BN2O.C6H13Br.2C2H6/c1-24(27)25-15-6-16-26-17-13-23(14-18-26)21-9-4-2-7-19(21)11-12-20-8-3-5-10-22(20)23;1-2-3-4-5-6-7;2*1-2/h2-5,7-10,25,27H,6,11-18H2,1H3;2-6H2,1H3;2*1-2H3. The molecule has 0 radical (unpaired) electrons. The number of rotatable bonds is 9. The highest BCUT2D eigenvalue weighted by molar-refractivity contribution is 9.09. The van der Waals surface area contributed by atoms with Gasteiger partial charge < -0.3 is 15.2 Å². The van der Waals surface area contributed by atoms with E-state index in [2.05, 4.69) is 81.5 Å². The van der Waals surface area contributed by atoms with E-state index in [1.807, 2.05) is 27.7 Å². The molecule has 0 saturated carbocycles. The number of hydrogen-bond acceptors (Lipinski definition) is 3. The van der Waals surface area contributed by atoms with E-state index < -0.39 is 7.05 Å². The fourth-order valence-electron chi connectivity index (χ4n) is 5.66. The van der Waals surface area contributed by atoms with E-state index in [1.165, 1.54) is 43.9 Å². The second-order valence-corrected chi connectivity index (χ2v) is 10.8. The lowest BCUT2D eigenvalue weighted by Gasteiger charge is -2.44. The van der Waals surface area contributed by atoms with Gasteiger partial charge in [0.15, 0.2) is 0 Å². The van der Waals surface area contributed by atoms with Crippen molar-refractivity contribution in [2.75, 3.05) is 31.5 Å². The van der Waals surface area contributed by atoms with Crippen molar-refractivity contribution in [1.82, 2.24) is 10.1 Å². The molecule has 1 heterocycles. The average Bonchev–Trinajstić information content (AvgIpc) is 3.10. The first-order valence-electron chi connectivity index (χ1n) is 15.5. The van der Waals surface area contributed by atoms with Crippen molar-refractivity contribution >= 4 is 23.0 Å². The first kappa shape index (κ1) is 34.9. The van der Waals surface area contributed by atoms with Crippen LogP contribution in [0, 0.1) is 0 Å². The van der Waals surface area contributed by atoms with Crippen molar-refractivity contribution in [2.45, 2.75) is 105 Å². The number of nitrogens with zero attached hydrogens (tertiary/aromatic N) is 1. The average molecular weight is 588 g/mol. The maximum atomic E-state index is 9.34. The largest absolute Gasteiger partial charge is 0.437 e. The normalized spacial score (nSPS) is 15.3. The number of hydrogen-bond donors (Lipinski definition) is 2. The number of nitrogens with one attached hydrogen (secondary N) is 1. The summed E-state index contributed by atoms with van der Waals surface area (Å²) in [5.74, 6) is 0. The highest BCUT2D eigenvalue weighted by atomic mass is 79.9. The molecule has 1 saturated heterocycles. The number of fused-ring (bicyclic) bond motifs is 4. The van der Waals surface area contributed by atoms with Gasteiger partial charge in [-0.2, -0.15) is 0 Å².